The van der Waals surface area contributed by atoms with Crippen molar-refractivity contribution in [2.45, 2.75) is 70.8 Å². The monoisotopic (exact) mass is 555 g/mol. The molecule has 2 aromatic carbocycles. The van der Waals surface area contributed by atoms with Gasteiger partial charge in [0.2, 0.25) is 0 Å². The van der Waals surface area contributed by atoms with Crippen molar-refractivity contribution in [1.29, 1.82) is 0 Å². The zero-order valence-corrected chi connectivity index (χ0v) is 23.3. The normalized spacial score (nSPS) is 18.3. The van der Waals surface area contributed by atoms with Crippen molar-refractivity contribution in [3.63, 3.8) is 0 Å². The maximum Gasteiger partial charge on any atom is 0.272 e. The largest absolute Gasteiger partial charge is 0.348 e. The van der Waals surface area contributed by atoms with Crippen molar-refractivity contribution in [3.05, 3.63) is 80.0 Å². The smallest absolute Gasteiger partial charge is 0.272 e. The second-order valence-corrected chi connectivity index (χ2v) is 11.6. The van der Waals surface area contributed by atoms with E-state index in [2.05, 4.69) is 18.3 Å². The second kappa shape index (κ2) is 11.6. The predicted octanol–water partition coefficient (Wildman–Crippen LogP) is 8.80. The van der Waals surface area contributed by atoms with Gasteiger partial charge in [0, 0.05) is 21.7 Å². The molecule has 1 atom stereocenters. The van der Waals surface area contributed by atoms with Crippen LogP contribution in [0.25, 0.3) is 17.3 Å². The third-order valence-electron chi connectivity index (χ3n) is 7.69. The highest BCUT2D eigenvalue weighted by Gasteiger charge is 2.30. The minimum absolute atomic E-state index is 0.106. The number of allylic oxidation sites excluding steroid dienone is 1. The van der Waals surface area contributed by atoms with Gasteiger partial charge in [0.1, 0.15) is 0 Å². The van der Waals surface area contributed by atoms with Crippen LogP contribution in [0.1, 0.15) is 85.6 Å². The van der Waals surface area contributed by atoms with E-state index in [1.807, 2.05) is 35.0 Å². The highest BCUT2D eigenvalue weighted by molar-refractivity contribution is 6.35. The Morgan fingerprint density at radius 2 is 1.68 bits per heavy atom. The van der Waals surface area contributed by atoms with E-state index >= 15 is 0 Å². The maximum atomic E-state index is 13.7. The van der Waals surface area contributed by atoms with E-state index in [1.54, 1.807) is 12.1 Å². The molecule has 0 spiro atoms. The summed E-state index contributed by atoms with van der Waals surface area (Å²) in [5.74, 6) is 0.412. The van der Waals surface area contributed by atoms with E-state index in [0.717, 1.165) is 48.1 Å². The lowest BCUT2D eigenvalue weighted by atomic mass is 9.84. The molecule has 0 unspecified atom stereocenters. The number of nitrogens with one attached hydrogen (secondary N) is 1. The third kappa shape index (κ3) is 5.92. The van der Waals surface area contributed by atoms with Gasteiger partial charge in [-0.05, 0) is 98.9 Å². The van der Waals surface area contributed by atoms with Crippen LogP contribution in [-0.2, 0) is 6.42 Å². The van der Waals surface area contributed by atoms with E-state index in [-0.39, 0.29) is 11.9 Å². The van der Waals surface area contributed by atoms with Crippen molar-refractivity contribution >= 4 is 52.4 Å². The molecule has 37 heavy (non-hydrogen) atoms. The van der Waals surface area contributed by atoms with Crippen LogP contribution in [0.15, 0.2) is 42.5 Å². The zero-order valence-electron chi connectivity index (χ0n) is 21.1. The molecule has 3 aromatic rings. The van der Waals surface area contributed by atoms with E-state index < -0.39 is 0 Å². The Kier molecular flexibility index (Phi) is 8.28. The first-order valence-corrected chi connectivity index (χ1v) is 14.4. The zero-order chi connectivity index (χ0) is 25.9. The Labute approximate surface area is 234 Å². The van der Waals surface area contributed by atoms with E-state index in [0.29, 0.717) is 32.4 Å². The molecule has 4 nitrogen and oxygen atoms in total. The molecule has 1 amide bonds. The number of halogens is 3. The Hall–Kier alpha value is -2.27. The first kappa shape index (κ1) is 26.3. The molecule has 1 N–H and O–H groups in total. The second-order valence-electron chi connectivity index (χ2n) is 10.3. The quantitative estimate of drug-likeness (QED) is 0.319. The van der Waals surface area contributed by atoms with Crippen molar-refractivity contribution in [3.8, 4) is 5.69 Å². The fourth-order valence-electron chi connectivity index (χ4n) is 5.69. The van der Waals surface area contributed by atoms with Crippen LogP contribution in [0.4, 0.5) is 0 Å². The summed E-state index contributed by atoms with van der Waals surface area (Å²) < 4.78 is 1.85. The van der Waals surface area contributed by atoms with Crippen LogP contribution in [0, 0.1) is 5.92 Å². The van der Waals surface area contributed by atoms with Gasteiger partial charge in [-0.15, -0.1) is 0 Å². The molecule has 2 aliphatic rings. The average molecular weight is 557 g/mol. The minimum atomic E-state index is -0.106. The molecule has 0 saturated heterocycles. The number of hydrogen-bond donors (Lipinski definition) is 1. The van der Waals surface area contributed by atoms with Crippen LogP contribution < -0.4 is 5.32 Å². The van der Waals surface area contributed by atoms with Crippen LogP contribution in [-0.4, -0.2) is 21.7 Å². The molecule has 1 fully saturated rings. The van der Waals surface area contributed by atoms with Gasteiger partial charge < -0.3 is 5.32 Å². The number of hydrogen-bond acceptors (Lipinski definition) is 2. The molecular formula is C30H32Cl3N3O. The molecule has 194 valence electrons. The standard InChI is InChI=1S/C30H32Cl3N3O/c1-19(21-7-3-2-4-8-21)34-30(37)28-25-10-6-5-9-22(17-20-11-13-23(31)14-12-20)29(25)36(35-28)27-16-15-24(32)18-26(27)33/h11-19,21H,2-10H2,1H3,(H,34,37)/b22-17+/t19-/m1/s1. The molecule has 1 aromatic heterocycles. The average Bonchev–Trinajstić information content (AvgIpc) is 3.14. The summed E-state index contributed by atoms with van der Waals surface area (Å²) in [5, 5.41) is 9.96. The highest BCUT2D eigenvalue weighted by Crippen LogP contribution is 2.37. The van der Waals surface area contributed by atoms with Crippen LogP contribution >= 0.6 is 34.8 Å². The number of amides is 1. The molecule has 0 radical (unpaired) electrons. The minimum Gasteiger partial charge on any atom is -0.348 e. The Morgan fingerprint density at radius 3 is 2.41 bits per heavy atom. The molecular weight excluding hydrogens is 525 g/mol. The summed E-state index contributed by atoms with van der Waals surface area (Å²) in [6, 6.07) is 13.3. The Bertz CT molecular complexity index is 1310. The summed E-state index contributed by atoms with van der Waals surface area (Å²) in [7, 11) is 0. The van der Waals surface area contributed by atoms with Gasteiger partial charge in [-0.25, -0.2) is 4.68 Å². The number of carbonyl (C=O) groups excluding carboxylic acids is 1. The third-order valence-corrected chi connectivity index (χ3v) is 8.48. The topological polar surface area (TPSA) is 46.9 Å². The molecule has 0 bridgehead atoms. The van der Waals surface area contributed by atoms with Crippen molar-refractivity contribution in [2.24, 2.45) is 5.92 Å². The van der Waals surface area contributed by atoms with Gasteiger partial charge in [-0.2, -0.15) is 5.10 Å². The summed E-state index contributed by atoms with van der Waals surface area (Å²) >= 11 is 19.0. The lowest BCUT2D eigenvalue weighted by molar-refractivity contribution is 0.0913. The molecule has 0 aliphatic heterocycles. The Morgan fingerprint density at radius 1 is 0.973 bits per heavy atom. The van der Waals surface area contributed by atoms with E-state index in [4.69, 9.17) is 39.9 Å². The summed E-state index contributed by atoms with van der Waals surface area (Å²) in [4.78, 5) is 13.7. The Balaban J connectivity index is 1.60. The number of rotatable bonds is 5. The van der Waals surface area contributed by atoms with Crippen molar-refractivity contribution < 1.29 is 4.79 Å². The van der Waals surface area contributed by atoms with Crippen molar-refractivity contribution in [1.82, 2.24) is 15.1 Å². The summed E-state index contributed by atoms with van der Waals surface area (Å²) in [6.07, 6.45) is 12.0. The van der Waals surface area contributed by atoms with Gasteiger partial charge in [-0.1, -0.05) is 66.2 Å². The SMILES string of the molecule is C[C@@H](NC(=O)c1nn(-c2ccc(Cl)cc2Cl)c2c1CCCC/C2=C\c1ccc(Cl)cc1)C1CCCCC1. The summed E-state index contributed by atoms with van der Waals surface area (Å²) in [6.45, 7) is 2.13. The number of nitrogens with zero attached hydrogens (tertiary/aromatic N) is 2. The first-order valence-electron chi connectivity index (χ1n) is 13.3. The van der Waals surface area contributed by atoms with Gasteiger partial charge >= 0.3 is 0 Å². The maximum absolute atomic E-state index is 13.7. The lowest BCUT2D eigenvalue weighted by Crippen LogP contribution is -2.39. The van der Waals surface area contributed by atoms with Crippen LogP contribution in [0.5, 0.6) is 0 Å². The van der Waals surface area contributed by atoms with E-state index in [9.17, 15) is 4.79 Å². The van der Waals surface area contributed by atoms with Gasteiger partial charge in [0.15, 0.2) is 5.69 Å². The fourth-order valence-corrected chi connectivity index (χ4v) is 6.30. The number of aromatic nitrogens is 2. The number of benzene rings is 2. The highest BCUT2D eigenvalue weighted by atomic mass is 35.5. The van der Waals surface area contributed by atoms with Gasteiger partial charge in [0.05, 0.1) is 16.4 Å². The number of carbonyl (C=O) groups is 1. The van der Waals surface area contributed by atoms with E-state index in [1.165, 1.54) is 32.1 Å². The molecule has 5 rings (SSSR count). The summed E-state index contributed by atoms with van der Waals surface area (Å²) in [5.41, 5.74) is 5.33. The van der Waals surface area contributed by atoms with Gasteiger partial charge in [-0.3, -0.25) is 4.79 Å². The lowest BCUT2D eigenvalue weighted by Gasteiger charge is -2.28. The fraction of sp³-hybridized carbons (Fsp3) is 0.400. The van der Waals surface area contributed by atoms with Crippen molar-refractivity contribution in [2.75, 3.05) is 0 Å². The predicted molar refractivity (Wildman–Crippen MR) is 154 cm³/mol. The molecule has 1 saturated carbocycles. The molecule has 2 aliphatic carbocycles. The van der Waals surface area contributed by atoms with Crippen LogP contribution in [0.3, 0.4) is 0 Å². The first-order chi connectivity index (χ1) is 17.9. The molecule has 1 heterocycles. The molecule has 7 heteroatoms. The number of fused-ring (bicyclic) bond motifs is 1. The van der Waals surface area contributed by atoms with Crippen LogP contribution in [0.2, 0.25) is 15.1 Å². The van der Waals surface area contributed by atoms with Gasteiger partial charge in [0.25, 0.3) is 5.91 Å².